The topological polar surface area (TPSA) is 107 Å². The van der Waals surface area contributed by atoms with Crippen LogP contribution in [0.5, 0.6) is 0 Å². The van der Waals surface area contributed by atoms with Crippen molar-refractivity contribution in [2.45, 2.75) is 13.3 Å². The van der Waals surface area contributed by atoms with Crippen LogP contribution in [-0.2, 0) is 16.6 Å². The maximum Gasteiger partial charge on any atom is 0.299 e. The van der Waals surface area contributed by atoms with Gasteiger partial charge in [0, 0.05) is 21.9 Å². The number of aromatic nitrogens is 2. The van der Waals surface area contributed by atoms with Crippen molar-refractivity contribution in [2.24, 2.45) is 0 Å². The summed E-state index contributed by atoms with van der Waals surface area (Å²) in [6, 6.07) is 6.70. The molecular formula is C17H18FIN4O3S. The number of nitrogens with zero attached hydrogens (tertiary/aromatic N) is 1. The normalized spacial score (nSPS) is 11.9. The van der Waals surface area contributed by atoms with E-state index in [4.69, 9.17) is 5.11 Å². The summed E-state index contributed by atoms with van der Waals surface area (Å²) in [7, 11) is -3.89. The molecule has 0 aliphatic rings. The van der Waals surface area contributed by atoms with Crippen LogP contribution in [0.2, 0.25) is 0 Å². The number of fused-ring (bicyclic) bond motifs is 1. The van der Waals surface area contributed by atoms with Gasteiger partial charge in [0.1, 0.15) is 5.82 Å². The average Bonchev–Trinajstić information content (AvgIpc) is 3.06. The molecule has 0 radical (unpaired) electrons. The molecule has 0 aliphatic heterocycles. The standard InChI is InChI=1S/C17H18FIN4O3S/c1-10-6-16-14(9-20-22-16)13(7-11-2-3-12(19)8-15(11)18)17(10)23-27(25,26)21-4-5-24/h2-3,6,8-9,21,23-24H,4-5,7H2,1H3,(H,20,22). The number of aliphatic hydroxyl groups is 1. The van der Waals surface area contributed by atoms with Crippen molar-refractivity contribution < 1.29 is 17.9 Å². The summed E-state index contributed by atoms with van der Waals surface area (Å²) in [4.78, 5) is 0. The van der Waals surface area contributed by atoms with Crippen molar-refractivity contribution >= 4 is 49.4 Å². The van der Waals surface area contributed by atoms with Crippen molar-refractivity contribution in [3.63, 3.8) is 0 Å². The van der Waals surface area contributed by atoms with E-state index in [1.54, 1.807) is 31.3 Å². The van der Waals surface area contributed by atoms with Crippen molar-refractivity contribution in [3.8, 4) is 0 Å². The average molecular weight is 504 g/mol. The lowest BCUT2D eigenvalue weighted by Gasteiger charge is -2.17. The molecule has 10 heteroatoms. The van der Waals surface area contributed by atoms with Gasteiger partial charge in [0.2, 0.25) is 0 Å². The number of nitrogens with one attached hydrogen (secondary N) is 3. The number of rotatable bonds is 7. The predicted octanol–water partition coefficient (Wildman–Crippen LogP) is 2.44. The number of aliphatic hydroxyl groups excluding tert-OH is 1. The maximum atomic E-state index is 14.4. The number of H-pyrrole nitrogens is 1. The number of aromatic amines is 1. The minimum atomic E-state index is -3.89. The molecule has 0 unspecified atom stereocenters. The minimum absolute atomic E-state index is 0.108. The van der Waals surface area contributed by atoms with Crippen LogP contribution in [0, 0.1) is 16.3 Å². The second-order valence-corrected chi connectivity index (χ2v) is 8.76. The van der Waals surface area contributed by atoms with Crippen molar-refractivity contribution in [3.05, 3.63) is 56.5 Å². The van der Waals surface area contributed by atoms with Crippen LogP contribution >= 0.6 is 22.6 Å². The Bertz CT molecular complexity index is 1090. The Labute approximate surface area is 169 Å². The molecule has 7 nitrogen and oxygen atoms in total. The summed E-state index contributed by atoms with van der Waals surface area (Å²) in [5.41, 5.74) is 2.84. The second kappa shape index (κ2) is 8.09. The number of aryl methyl sites for hydroxylation is 1. The second-order valence-electron chi connectivity index (χ2n) is 6.01. The Morgan fingerprint density at radius 2 is 2.11 bits per heavy atom. The molecule has 144 valence electrons. The zero-order valence-corrected chi connectivity index (χ0v) is 17.4. The van der Waals surface area contributed by atoms with Gasteiger partial charge < -0.3 is 5.11 Å². The van der Waals surface area contributed by atoms with E-state index in [1.165, 1.54) is 6.07 Å². The van der Waals surface area contributed by atoms with E-state index in [1.807, 2.05) is 22.6 Å². The third kappa shape index (κ3) is 4.57. The number of anilines is 1. The summed E-state index contributed by atoms with van der Waals surface area (Å²) in [5, 5.41) is 16.4. The first-order chi connectivity index (χ1) is 12.8. The lowest BCUT2D eigenvalue weighted by Crippen LogP contribution is -2.32. The van der Waals surface area contributed by atoms with Crippen LogP contribution in [0.15, 0.2) is 30.5 Å². The Morgan fingerprint density at radius 3 is 2.81 bits per heavy atom. The molecule has 4 N–H and O–H groups in total. The fraction of sp³-hybridized carbons (Fsp3) is 0.235. The van der Waals surface area contributed by atoms with Gasteiger partial charge in [-0.05, 0) is 64.4 Å². The van der Waals surface area contributed by atoms with Crippen LogP contribution in [0.3, 0.4) is 0 Å². The fourth-order valence-corrected chi connectivity index (χ4v) is 4.28. The molecule has 0 bridgehead atoms. The lowest BCUT2D eigenvalue weighted by molar-refractivity contribution is 0.301. The van der Waals surface area contributed by atoms with E-state index < -0.39 is 10.2 Å². The highest BCUT2D eigenvalue weighted by molar-refractivity contribution is 14.1. The third-order valence-electron chi connectivity index (χ3n) is 4.07. The molecule has 2 aromatic carbocycles. The summed E-state index contributed by atoms with van der Waals surface area (Å²) in [6.07, 6.45) is 1.78. The van der Waals surface area contributed by atoms with E-state index in [0.29, 0.717) is 27.8 Å². The highest BCUT2D eigenvalue weighted by Crippen LogP contribution is 2.32. The predicted molar refractivity (Wildman–Crippen MR) is 110 cm³/mol. The van der Waals surface area contributed by atoms with E-state index in [2.05, 4.69) is 19.6 Å². The van der Waals surface area contributed by atoms with Crippen LogP contribution in [0.1, 0.15) is 16.7 Å². The maximum absolute atomic E-state index is 14.4. The summed E-state index contributed by atoms with van der Waals surface area (Å²) < 4.78 is 44.5. The SMILES string of the molecule is Cc1cc2[nH]ncc2c(Cc2ccc(I)cc2F)c1NS(=O)(=O)NCCO. The molecule has 0 saturated carbocycles. The van der Waals surface area contributed by atoms with Crippen LogP contribution < -0.4 is 9.44 Å². The van der Waals surface area contributed by atoms with E-state index >= 15 is 0 Å². The van der Waals surface area contributed by atoms with Gasteiger partial charge >= 0.3 is 0 Å². The third-order valence-corrected chi connectivity index (χ3v) is 5.80. The van der Waals surface area contributed by atoms with Gasteiger partial charge in [-0.3, -0.25) is 9.82 Å². The molecule has 3 aromatic rings. The minimum Gasteiger partial charge on any atom is -0.395 e. The smallest absolute Gasteiger partial charge is 0.299 e. The zero-order valence-electron chi connectivity index (χ0n) is 14.4. The van der Waals surface area contributed by atoms with E-state index in [9.17, 15) is 12.8 Å². The molecule has 0 amide bonds. The summed E-state index contributed by atoms with van der Waals surface area (Å²) >= 11 is 2.03. The van der Waals surface area contributed by atoms with E-state index in [-0.39, 0.29) is 25.4 Å². The monoisotopic (exact) mass is 504 g/mol. The fourth-order valence-electron chi connectivity index (χ4n) is 2.84. The molecule has 0 spiro atoms. The largest absolute Gasteiger partial charge is 0.395 e. The first kappa shape index (κ1) is 20.0. The Hall–Kier alpha value is -1.76. The molecule has 0 fully saturated rings. The molecule has 27 heavy (non-hydrogen) atoms. The van der Waals surface area contributed by atoms with Crippen LogP contribution in [-0.4, -0.2) is 36.9 Å². The number of hydrogen-bond acceptors (Lipinski definition) is 4. The van der Waals surface area contributed by atoms with Gasteiger partial charge in [-0.15, -0.1) is 0 Å². The summed E-state index contributed by atoms with van der Waals surface area (Å²) in [6.45, 7) is 1.34. The van der Waals surface area contributed by atoms with Gasteiger partial charge in [-0.1, -0.05) is 6.07 Å². The molecule has 0 saturated heterocycles. The van der Waals surface area contributed by atoms with Gasteiger partial charge in [0.15, 0.2) is 0 Å². The first-order valence-corrected chi connectivity index (χ1v) is 10.6. The van der Waals surface area contributed by atoms with Crippen molar-refractivity contribution in [1.29, 1.82) is 0 Å². The molecule has 3 rings (SSSR count). The van der Waals surface area contributed by atoms with E-state index in [0.717, 1.165) is 9.09 Å². The van der Waals surface area contributed by atoms with Gasteiger partial charge in [0.05, 0.1) is 24.0 Å². The highest BCUT2D eigenvalue weighted by Gasteiger charge is 2.19. The number of halogens is 2. The van der Waals surface area contributed by atoms with Crippen LogP contribution in [0.25, 0.3) is 10.9 Å². The number of benzene rings is 2. The molecule has 1 aromatic heterocycles. The van der Waals surface area contributed by atoms with Crippen LogP contribution in [0.4, 0.5) is 10.1 Å². The highest BCUT2D eigenvalue weighted by atomic mass is 127. The van der Waals surface area contributed by atoms with Gasteiger partial charge in [-0.25, -0.2) is 4.39 Å². The zero-order chi connectivity index (χ0) is 19.6. The van der Waals surface area contributed by atoms with Gasteiger partial charge in [0.25, 0.3) is 10.2 Å². The quantitative estimate of drug-likeness (QED) is 0.371. The Balaban J connectivity index is 2.10. The van der Waals surface area contributed by atoms with Gasteiger partial charge in [-0.2, -0.15) is 18.2 Å². The molecular weight excluding hydrogens is 486 g/mol. The molecule has 0 aliphatic carbocycles. The summed E-state index contributed by atoms with van der Waals surface area (Å²) in [5.74, 6) is -0.354. The molecule has 1 heterocycles. The van der Waals surface area contributed by atoms with Crippen molar-refractivity contribution in [1.82, 2.24) is 14.9 Å². The van der Waals surface area contributed by atoms with Crippen molar-refractivity contribution in [2.75, 3.05) is 17.9 Å². The first-order valence-electron chi connectivity index (χ1n) is 8.08. The number of hydrogen-bond donors (Lipinski definition) is 4. The Kier molecular flexibility index (Phi) is 5.99. The lowest BCUT2D eigenvalue weighted by atomic mass is 9.97. The molecule has 0 atom stereocenters. The Morgan fingerprint density at radius 1 is 1.33 bits per heavy atom.